The normalized spacial score (nSPS) is 9.67. The van der Waals surface area contributed by atoms with E-state index in [2.05, 4.69) is 23.0 Å². The van der Waals surface area contributed by atoms with Gasteiger partial charge in [-0.25, -0.2) is 9.59 Å². The summed E-state index contributed by atoms with van der Waals surface area (Å²) in [5.41, 5.74) is 0. The van der Waals surface area contributed by atoms with E-state index in [4.69, 9.17) is 4.74 Å². The van der Waals surface area contributed by atoms with E-state index < -0.39 is 12.1 Å². The van der Waals surface area contributed by atoms with Crippen LogP contribution in [-0.4, -0.2) is 25.8 Å². The number of ether oxygens (including phenoxy) is 3. The lowest BCUT2D eigenvalue weighted by Gasteiger charge is -2.06. The Morgan fingerprint density at radius 2 is 1.67 bits per heavy atom. The van der Waals surface area contributed by atoms with Crippen molar-refractivity contribution in [2.75, 3.05) is 13.7 Å². The highest BCUT2D eigenvalue weighted by molar-refractivity contribution is 5.87. The Morgan fingerprint density at radius 1 is 1.06 bits per heavy atom. The van der Waals surface area contributed by atoms with Crippen molar-refractivity contribution in [3.05, 3.63) is 12.3 Å². The number of rotatable bonds is 9. The van der Waals surface area contributed by atoms with Crippen molar-refractivity contribution >= 4 is 12.1 Å². The molecule has 0 amide bonds. The quantitative estimate of drug-likeness (QED) is 0.275. The number of esters is 1. The van der Waals surface area contributed by atoms with Gasteiger partial charge in [-0.05, 0) is 13.0 Å². The van der Waals surface area contributed by atoms with Crippen molar-refractivity contribution < 1.29 is 23.8 Å². The number of unbranched alkanes of at least 4 members (excludes halogenated alkanes) is 5. The number of carbonyl (C=O) groups is 2. The molecule has 18 heavy (non-hydrogen) atoms. The maximum absolute atomic E-state index is 11.1. The van der Waals surface area contributed by atoms with E-state index in [1.165, 1.54) is 26.4 Å². The predicted molar refractivity (Wildman–Crippen MR) is 67.0 cm³/mol. The van der Waals surface area contributed by atoms with E-state index in [1.54, 1.807) is 0 Å². The Kier molecular flexibility index (Phi) is 9.73. The molecule has 0 saturated carbocycles. The average molecular weight is 258 g/mol. The average Bonchev–Trinajstić information content (AvgIpc) is 2.36. The van der Waals surface area contributed by atoms with Gasteiger partial charge >= 0.3 is 12.1 Å². The van der Waals surface area contributed by atoms with Crippen LogP contribution in [0.5, 0.6) is 0 Å². The molecule has 0 saturated heterocycles. The van der Waals surface area contributed by atoms with Gasteiger partial charge in [-0.1, -0.05) is 39.0 Å². The van der Waals surface area contributed by atoms with Crippen LogP contribution in [0.15, 0.2) is 12.3 Å². The van der Waals surface area contributed by atoms with Gasteiger partial charge in [0.2, 0.25) is 5.76 Å². The molecule has 0 fully saturated rings. The summed E-state index contributed by atoms with van der Waals surface area (Å²) in [6.45, 7) is 5.70. The highest BCUT2D eigenvalue weighted by Gasteiger charge is 2.13. The minimum Gasteiger partial charge on any atom is -0.463 e. The van der Waals surface area contributed by atoms with Crippen molar-refractivity contribution in [2.24, 2.45) is 0 Å². The molecule has 0 atom stereocenters. The summed E-state index contributed by atoms with van der Waals surface area (Å²) < 4.78 is 13.6. The van der Waals surface area contributed by atoms with Gasteiger partial charge in [0.25, 0.3) is 0 Å². The Labute approximate surface area is 108 Å². The molecule has 5 heteroatoms. The third kappa shape index (κ3) is 8.61. The van der Waals surface area contributed by atoms with Crippen LogP contribution >= 0.6 is 0 Å². The fourth-order valence-corrected chi connectivity index (χ4v) is 1.32. The Morgan fingerprint density at radius 3 is 2.28 bits per heavy atom. The minimum atomic E-state index is -0.918. The lowest BCUT2D eigenvalue weighted by atomic mass is 10.1. The molecule has 0 radical (unpaired) electrons. The van der Waals surface area contributed by atoms with Crippen LogP contribution in [0.4, 0.5) is 4.79 Å². The standard InChI is InChI=1S/C13H22O5/c1-4-5-6-7-8-9-10-17-13(15)18-11(2)12(14)16-3/h2,4-10H2,1,3H3. The second-order valence-corrected chi connectivity index (χ2v) is 3.88. The largest absolute Gasteiger partial charge is 0.514 e. The molecule has 0 aromatic heterocycles. The third-order valence-electron chi connectivity index (χ3n) is 2.34. The molecule has 104 valence electrons. The van der Waals surface area contributed by atoms with Gasteiger partial charge in [0.15, 0.2) is 0 Å². The van der Waals surface area contributed by atoms with Crippen molar-refractivity contribution in [2.45, 2.75) is 45.4 Å². The molecule has 0 N–H and O–H groups in total. The fraction of sp³-hybridized carbons (Fsp3) is 0.692. The van der Waals surface area contributed by atoms with Crippen LogP contribution < -0.4 is 0 Å². The van der Waals surface area contributed by atoms with E-state index in [-0.39, 0.29) is 5.76 Å². The van der Waals surface area contributed by atoms with E-state index in [0.717, 1.165) is 19.3 Å². The Balaban J connectivity index is 3.48. The summed E-state index contributed by atoms with van der Waals surface area (Å²) >= 11 is 0. The first kappa shape index (κ1) is 16.5. The summed E-state index contributed by atoms with van der Waals surface area (Å²) in [5.74, 6) is -1.16. The zero-order chi connectivity index (χ0) is 13.8. The maximum Gasteiger partial charge on any atom is 0.514 e. The molecule has 0 aliphatic heterocycles. The van der Waals surface area contributed by atoms with Crippen LogP contribution in [0.2, 0.25) is 0 Å². The highest BCUT2D eigenvalue weighted by atomic mass is 16.7. The smallest absolute Gasteiger partial charge is 0.463 e. The molecule has 0 aliphatic rings. The van der Waals surface area contributed by atoms with Crippen LogP contribution in [0.1, 0.15) is 45.4 Å². The van der Waals surface area contributed by atoms with Gasteiger partial charge in [-0.2, -0.15) is 0 Å². The molecule has 0 aromatic carbocycles. The van der Waals surface area contributed by atoms with Crippen LogP contribution in [0, 0.1) is 0 Å². The molecule has 0 aromatic rings. The summed E-state index contributed by atoms with van der Waals surface area (Å²) in [6, 6.07) is 0. The second kappa shape index (κ2) is 10.6. The Bertz CT molecular complexity index is 273. The first-order valence-electron chi connectivity index (χ1n) is 6.23. The van der Waals surface area contributed by atoms with E-state index >= 15 is 0 Å². The topological polar surface area (TPSA) is 61.8 Å². The minimum absolute atomic E-state index is 0.291. The zero-order valence-corrected chi connectivity index (χ0v) is 11.2. The van der Waals surface area contributed by atoms with Crippen molar-refractivity contribution in [1.29, 1.82) is 0 Å². The summed E-state index contributed by atoms with van der Waals surface area (Å²) in [6.07, 6.45) is 5.69. The second-order valence-electron chi connectivity index (χ2n) is 3.88. The van der Waals surface area contributed by atoms with E-state index in [9.17, 15) is 9.59 Å². The van der Waals surface area contributed by atoms with Gasteiger partial charge in [-0.15, -0.1) is 0 Å². The molecule has 0 unspecified atom stereocenters. The first-order chi connectivity index (χ1) is 8.61. The monoisotopic (exact) mass is 258 g/mol. The molecule has 0 spiro atoms. The van der Waals surface area contributed by atoms with Gasteiger partial charge < -0.3 is 14.2 Å². The van der Waals surface area contributed by atoms with Crippen LogP contribution in [-0.2, 0) is 19.0 Å². The van der Waals surface area contributed by atoms with Crippen LogP contribution in [0.25, 0.3) is 0 Å². The van der Waals surface area contributed by atoms with Crippen molar-refractivity contribution in [3.63, 3.8) is 0 Å². The SMILES string of the molecule is C=C(OC(=O)OCCCCCCCC)C(=O)OC. The molecule has 5 nitrogen and oxygen atoms in total. The highest BCUT2D eigenvalue weighted by Crippen LogP contribution is 2.06. The fourth-order valence-electron chi connectivity index (χ4n) is 1.32. The third-order valence-corrected chi connectivity index (χ3v) is 2.34. The van der Waals surface area contributed by atoms with E-state index in [1.807, 2.05) is 0 Å². The molecule has 0 aliphatic carbocycles. The van der Waals surface area contributed by atoms with Gasteiger partial charge in [0.1, 0.15) is 0 Å². The predicted octanol–water partition coefficient (Wildman–Crippen LogP) is 3.19. The molecule has 0 heterocycles. The van der Waals surface area contributed by atoms with Crippen molar-refractivity contribution in [1.82, 2.24) is 0 Å². The molecule has 0 rings (SSSR count). The summed E-state index contributed by atoms with van der Waals surface area (Å²) in [5, 5.41) is 0. The first-order valence-corrected chi connectivity index (χ1v) is 6.23. The summed E-state index contributed by atoms with van der Waals surface area (Å²) in [4.78, 5) is 22.0. The molecule has 0 bridgehead atoms. The molecular weight excluding hydrogens is 236 g/mol. The molecular formula is C13H22O5. The number of hydrogen-bond acceptors (Lipinski definition) is 5. The maximum atomic E-state index is 11.1. The van der Waals surface area contributed by atoms with Gasteiger partial charge in [0.05, 0.1) is 13.7 Å². The van der Waals surface area contributed by atoms with Crippen molar-refractivity contribution in [3.8, 4) is 0 Å². The number of methoxy groups -OCH3 is 1. The number of carbonyl (C=O) groups excluding carboxylic acids is 2. The number of hydrogen-bond donors (Lipinski definition) is 0. The van der Waals surface area contributed by atoms with Crippen LogP contribution in [0.3, 0.4) is 0 Å². The summed E-state index contributed by atoms with van der Waals surface area (Å²) in [7, 11) is 1.18. The van der Waals surface area contributed by atoms with E-state index in [0.29, 0.717) is 6.61 Å². The zero-order valence-electron chi connectivity index (χ0n) is 11.2. The lowest BCUT2D eigenvalue weighted by molar-refractivity contribution is -0.139. The van der Waals surface area contributed by atoms with Gasteiger partial charge in [0, 0.05) is 0 Å². The Hall–Kier alpha value is -1.52. The van der Waals surface area contributed by atoms with Gasteiger partial charge in [-0.3, -0.25) is 0 Å². The lowest BCUT2D eigenvalue weighted by Crippen LogP contribution is -2.13.